The van der Waals surface area contributed by atoms with Gasteiger partial charge in [0.1, 0.15) is 0 Å². The van der Waals surface area contributed by atoms with Crippen LogP contribution >= 0.6 is 0 Å². The van der Waals surface area contributed by atoms with E-state index in [4.69, 9.17) is 9.47 Å². The maximum atomic E-state index is 11.8. The molecule has 0 unspecified atom stereocenters. The molecule has 0 radical (unpaired) electrons. The number of ketones is 1. The lowest BCUT2D eigenvalue weighted by atomic mass is 10.1. The van der Waals surface area contributed by atoms with Gasteiger partial charge in [-0.15, -0.1) is 0 Å². The number of nitro groups is 2. The zero-order chi connectivity index (χ0) is 19.3. The number of nitrogens with zero attached hydrogens (tertiary/aromatic N) is 4. The predicted octanol–water partition coefficient (Wildman–Crippen LogP) is 3.11. The Balaban J connectivity index is 2.35. The van der Waals surface area contributed by atoms with E-state index in [9.17, 15) is 25.0 Å². The Labute approximate surface area is 146 Å². The van der Waals surface area contributed by atoms with Crippen molar-refractivity contribution >= 4 is 22.8 Å². The summed E-state index contributed by atoms with van der Waals surface area (Å²) in [5.74, 6) is -0.355. The molecule has 0 fully saturated rings. The molecule has 11 heteroatoms. The second kappa shape index (κ2) is 7.79. The molecule has 1 aromatic rings. The summed E-state index contributed by atoms with van der Waals surface area (Å²) in [6.07, 6.45) is 4.05. The second-order valence-electron chi connectivity index (χ2n) is 4.82. The van der Waals surface area contributed by atoms with Crippen LogP contribution < -0.4 is 0 Å². The molecule has 0 saturated heterocycles. The summed E-state index contributed by atoms with van der Waals surface area (Å²) in [5.41, 5.74) is -0.608. The van der Waals surface area contributed by atoms with Crippen LogP contribution in [-0.4, -0.2) is 29.8 Å². The molecule has 0 saturated carbocycles. The van der Waals surface area contributed by atoms with Crippen molar-refractivity contribution in [3.8, 4) is 0 Å². The van der Waals surface area contributed by atoms with E-state index in [0.717, 1.165) is 18.2 Å². The Bertz CT molecular complexity index is 841. The number of carbonyl (C=O) groups is 1. The molecule has 0 spiro atoms. The third-order valence-corrected chi connectivity index (χ3v) is 3.17. The number of hydrogen-bond acceptors (Lipinski definition) is 9. The van der Waals surface area contributed by atoms with Gasteiger partial charge in [-0.05, 0) is 12.2 Å². The summed E-state index contributed by atoms with van der Waals surface area (Å²) in [6.45, 7) is 0. The Hall–Kier alpha value is -3.89. The minimum atomic E-state index is -0.765. The summed E-state index contributed by atoms with van der Waals surface area (Å²) in [5, 5.41) is 29.1. The molecule has 11 nitrogen and oxygen atoms in total. The van der Waals surface area contributed by atoms with Crippen LogP contribution in [0.5, 0.6) is 0 Å². The van der Waals surface area contributed by atoms with Crippen molar-refractivity contribution in [2.45, 2.75) is 0 Å². The fourth-order valence-electron chi connectivity index (χ4n) is 1.99. The van der Waals surface area contributed by atoms with Gasteiger partial charge < -0.3 is 9.47 Å². The van der Waals surface area contributed by atoms with Crippen molar-refractivity contribution in [3.63, 3.8) is 0 Å². The van der Waals surface area contributed by atoms with Gasteiger partial charge in [-0.2, -0.15) is 10.2 Å². The number of carbonyl (C=O) groups excluding carboxylic acids is 1. The quantitative estimate of drug-likeness (QED) is 0.430. The van der Waals surface area contributed by atoms with E-state index in [1.165, 1.54) is 32.6 Å². The lowest BCUT2D eigenvalue weighted by Gasteiger charge is -2.12. The Morgan fingerprint density at radius 1 is 0.962 bits per heavy atom. The van der Waals surface area contributed by atoms with Crippen LogP contribution in [0.4, 0.5) is 17.1 Å². The second-order valence-corrected chi connectivity index (χ2v) is 4.82. The van der Waals surface area contributed by atoms with Crippen LogP contribution in [0.25, 0.3) is 0 Å². The zero-order valence-electron chi connectivity index (χ0n) is 13.6. The minimum Gasteiger partial charge on any atom is -0.492 e. The average Bonchev–Trinajstić information content (AvgIpc) is 2.62. The van der Waals surface area contributed by atoms with E-state index in [1.54, 1.807) is 0 Å². The molecule has 0 amide bonds. The van der Waals surface area contributed by atoms with Crippen molar-refractivity contribution < 1.29 is 24.1 Å². The van der Waals surface area contributed by atoms with E-state index >= 15 is 0 Å². The molecule has 0 aliphatic heterocycles. The first kappa shape index (κ1) is 18.4. The third-order valence-electron chi connectivity index (χ3n) is 3.17. The number of benzene rings is 1. The van der Waals surface area contributed by atoms with E-state index in [2.05, 4.69) is 10.2 Å². The maximum absolute atomic E-state index is 11.8. The highest BCUT2D eigenvalue weighted by Gasteiger charge is 2.21. The molecule has 0 aromatic heterocycles. The summed E-state index contributed by atoms with van der Waals surface area (Å²) in [4.78, 5) is 32.0. The molecule has 26 heavy (non-hydrogen) atoms. The molecule has 0 N–H and O–H groups in total. The SMILES string of the molecule is COC1=CC(=CN=Nc2cc([N+](=O)[O-])cc([N+](=O)[O-])c2)C=C(OC)C1=O. The van der Waals surface area contributed by atoms with E-state index in [-0.39, 0.29) is 17.2 Å². The lowest BCUT2D eigenvalue weighted by molar-refractivity contribution is -0.394. The molecular weight excluding hydrogens is 348 g/mol. The number of hydrogen-bond donors (Lipinski definition) is 0. The molecule has 1 aromatic carbocycles. The van der Waals surface area contributed by atoms with Gasteiger partial charge in [0.25, 0.3) is 17.2 Å². The van der Waals surface area contributed by atoms with Gasteiger partial charge in [0.2, 0.25) is 0 Å². The first-order chi connectivity index (χ1) is 12.3. The van der Waals surface area contributed by atoms with Gasteiger partial charge in [0.05, 0.1) is 42.0 Å². The van der Waals surface area contributed by atoms with Crippen molar-refractivity contribution in [2.24, 2.45) is 10.2 Å². The van der Waals surface area contributed by atoms with Crippen molar-refractivity contribution in [2.75, 3.05) is 14.2 Å². The molecule has 0 heterocycles. The van der Waals surface area contributed by atoms with Gasteiger partial charge in [-0.3, -0.25) is 25.0 Å². The zero-order valence-corrected chi connectivity index (χ0v) is 13.6. The summed E-state index contributed by atoms with van der Waals surface area (Å²) in [7, 11) is 2.65. The van der Waals surface area contributed by atoms with Crippen LogP contribution in [0.3, 0.4) is 0 Å². The average molecular weight is 360 g/mol. The Morgan fingerprint density at radius 3 is 1.88 bits per heavy atom. The van der Waals surface area contributed by atoms with E-state index in [0.29, 0.717) is 5.57 Å². The van der Waals surface area contributed by atoms with E-state index < -0.39 is 27.0 Å². The maximum Gasteiger partial charge on any atom is 0.278 e. The normalized spacial score (nSPS) is 13.9. The molecule has 2 rings (SSSR count). The first-order valence-electron chi connectivity index (χ1n) is 6.96. The third kappa shape index (κ3) is 4.14. The van der Waals surface area contributed by atoms with Gasteiger partial charge in [0.15, 0.2) is 11.5 Å². The Morgan fingerprint density at radius 2 is 1.46 bits per heavy atom. The fraction of sp³-hybridized carbons (Fsp3) is 0.133. The van der Waals surface area contributed by atoms with Crippen molar-refractivity contribution in [1.29, 1.82) is 0 Å². The fourth-order valence-corrected chi connectivity index (χ4v) is 1.99. The van der Waals surface area contributed by atoms with Gasteiger partial charge in [-0.25, -0.2) is 0 Å². The van der Waals surface area contributed by atoms with E-state index in [1.807, 2.05) is 0 Å². The first-order valence-corrected chi connectivity index (χ1v) is 6.96. The van der Waals surface area contributed by atoms with Crippen LogP contribution in [0.1, 0.15) is 0 Å². The van der Waals surface area contributed by atoms with Crippen LogP contribution in [-0.2, 0) is 14.3 Å². The molecule has 0 atom stereocenters. The van der Waals surface area contributed by atoms with Crippen molar-refractivity contribution in [1.82, 2.24) is 0 Å². The highest BCUT2D eigenvalue weighted by atomic mass is 16.6. The molecule has 1 aliphatic rings. The van der Waals surface area contributed by atoms with Crippen molar-refractivity contribution in [3.05, 3.63) is 73.9 Å². The number of rotatable bonds is 6. The van der Waals surface area contributed by atoms with Crippen LogP contribution in [0.2, 0.25) is 0 Å². The number of azo groups is 1. The largest absolute Gasteiger partial charge is 0.492 e. The molecule has 134 valence electrons. The number of Topliss-reactive ketones (excluding diaryl/α,β-unsaturated/α-hetero) is 1. The van der Waals surface area contributed by atoms with Crippen LogP contribution in [0, 0.1) is 20.2 Å². The standard InChI is InChI=1S/C15H12N4O7/c1-25-13-3-9(4-14(26-2)15(13)20)8-16-17-10-5-11(18(21)22)7-12(6-10)19(23)24/h3-8H,1-2H3. The van der Waals surface area contributed by atoms with Gasteiger partial charge >= 0.3 is 0 Å². The minimum absolute atomic E-state index is 0.0387. The highest BCUT2D eigenvalue weighted by molar-refractivity contribution is 6.07. The summed E-state index contributed by atoms with van der Waals surface area (Å²) in [6, 6.07) is 2.92. The number of methoxy groups -OCH3 is 2. The molecule has 1 aliphatic carbocycles. The van der Waals surface area contributed by atoms with Gasteiger partial charge in [0, 0.05) is 17.7 Å². The molecule has 0 bridgehead atoms. The van der Waals surface area contributed by atoms with Crippen LogP contribution in [0.15, 0.2) is 63.9 Å². The highest BCUT2D eigenvalue weighted by Crippen LogP contribution is 2.28. The summed E-state index contributed by atoms with van der Waals surface area (Å²) < 4.78 is 9.88. The predicted molar refractivity (Wildman–Crippen MR) is 87.5 cm³/mol. The molecular formula is C15H12N4O7. The monoisotopic (exact) mass is 360 g/mol. The number of allylic oxidation sites excluding steroid dienone is 3. The smallest absolute Gasteiger partial charge is 0.278 e. The topological polar surface area (TPSA) is 147 Å². The Kier molecular flexibility index (Phi) is 5.53. The number of ether oxygens (including phenoxy) is 2. The number of non-ortho nitro benzene ring substituents is 2. The number of nitro benzene ring substituents is 2. The van der Waals surface area contributed by atoms with Gasteiger partial charge in [-0.1, -0.05) is 0 Å². The lowest BCUT2D eigenvalue weighted by Crippen LogP contribution is -2.13. The summed E-state index contributed by atoms with van der Waals surface area (Å²) >= 11 is 0.